The average molecular weight is 364 g/mol. The molecule has 3 aromatic rings. The van der Waals surface area contributed by atoms with Gasteiger partial charge < -0.3 is 19.1 Å². The minimum Gasteiger partial charge on any atom is -0.385 e. The van der Waals surface area contributed by atoms with Gasteiger partial charge in [0.2, 0.25) is 0 Å². The predicted octanol–water partition coefficient (Wildman–Crippen LogP) is 0.866. The quantitative estimate of drug-likeness (QED) is 0.722. The molecule has 0 radical (unpaired) electrons. The lowest BCUT2D eigenvalue weighted by Crippen LogP contribution is -3.15. The first kappa shape index (κ1) is 16.8. The van der Waals surface area contributed by atoms with Crippen LogP contribution in [0.5, 0.6) is 0 Å². The van der Waals surface area contributed by atoms with Crippen LogP contribution >= 0.6 is 0 Å². The summed E-state index contributed by atoms with van der Waals surface area (Å²) in [6, 6.07) is 16.1. The minimum atomic E-state index is -0.368. The van der Waals surface area contributed by atoms with Gasteiger partial charge in [0.05, 0.1) is 19.6 Å². The summed E-state index contributed by atoms with van der Waals surface area (Å²) in [5.74, 6) is 0.965. The van der Waals surface area contributed by atoms with E-state index in [1.807, 2.05) is 22.8 Å². The van der Waals surface area contributed by atoms with Crippen molar-refractivity contribution >= 4 is 10.9 Å². The van der Waals surface area contributed by atoms with E-state index in [0.29, 0.717) is 18.4 Å². The Morgan fingerprint density at radius 3 is 2.93 bits per heavy atom. The number of hydrogen-bond acceptors (Lipinski definition) is 2. The summed E-state index contributed by atoms with van der Waals surface area (Å²) in [5.41, 5.74) is 2.49. The monoisotopic (exact) mass is 364 g/mol. The van der Waals surface area contributed by atoms with Crippen LogP contribution in [0.1, 0.15) is 18.0 Å². The Morgan fingerprint density at radius 2 is 2.00 bits per heavy atom. The Labute approximate surface area is 158 Å². The Bertz CT molecular complexity index is 1020. The van der Waals surface area contributed by atoms with Crippen LogP contribution in [0.4, 0.5) is 0 Å². The van der Waals surface area contributed by atoms with Gasteiger partial charge >= 0.3 is 0 Å². The van der Waals surface area contributed by atoms with E-state index in [2.05, 4.69) is 35.0 Å². The maximum absolute atomic E-state index is 12.2. The van der Waals surface area contributed by atoms with Gasteiger partial charge in [-0.1, -0.05) is 24.3 Å². The number of quaternary nitrogens is 1. The molecule has 2 bridgehead atoms. The molecule has 0 spiro atoms. The first-order valence-electron chi connectivity index (χ1n) is 9.92. The molecule has 27 heavy (non-hydrogen) atoms. The molecule has 0 aliphatic carbocycles. The number of aliphatic hydroxyl groups excluding tert-OH is 1. The zero-order chi connectivity index (χ0) is 18.4. The van der Waals surface area contributed by atoms with E-state index in [1.54, 1.807) is 6.07 Å². The second-order valence-corrected chi connectivity index (χ2v) is 8.24. The molecule has 1 aromatic carbocycles. The summed E-state index contributed by atoms with van der Waals surface area (Å²) in [7, 11) is 0. The summed E-state index contributed by atoms with van der Waals surface area (Å²) in [6.07, 6.45) is 2.87. The number of likely N-dealkylation sites (tertiary alicyclic amines) is 1. The van der Waals surface area contributed by atoms with Crippen molar-refractivity contribution in [1.82, 2.24) is 9.13 Å². The van der Waals surface area contributed by atoms with Gasteiger partial charge in [-0.25, -0.2) is 0 Å². The van der Waals surface area contributed by atoms with Gasteiger partial charge in [-0.05, 0) is 30.0 Å². The molecule has 1 saturated heterocycles. The van der Waals surface area contributed by atoms with E-state index < -0.39 is 0 Å². The van der Waals surface area contributed by atoms with Crippen molar-refractivity contribution < 1.29 is 10.0 Å². The van der Waals surface area contributed by atoms with Gasteiger partial charge in [0.1, 0.15) is 12.6 Å². The molecule has 0 amide bonds. The molecule has 5 nitrogen and oxygen atoms in total. The summed E-state index contributed by atoms with van der Waals surface area (Å²) < 4.78 is 4.12. The molecule has 1 fully saturated rings. The van der Waals surface area contributed by atoms with Crippen LogP contribution in [0.2, 0.25) is 0 Å². The lowest BCUT2D eigenvalue weighted by molar-refractivity contribution is -0.914. The van der Waals surface area contributed by atoms with Crippen molar-refractivity contribution in [3.8, 4) is 0 Å². The molecule has 5 heteroatoms. The van der Waals surface area contributed by atoms with Crippen LogP contribution < -0.4 is 10.5 Å². The molecule has 2 aromatic heterocycles. The number of rotatable bonds is 4. The summed E-state index contributed by atoms with van der Waals surface area (Å²) in [4.78, 5) is 13.6. The number of piperidine rings is 1. The highest BCUT2D eigenvalue weighted by Crippen LogP contribution is 2.30. The van der Waals surface area contributed by atoms with Crippen LogP contribution in [0.15, 0.2) is 59.5 Å². The number of aromatic nitrogens is 2. The minimum absolute atomic E-state index is 0.130. The third-order valence-corrected chi connectivity index (χ3v) is 6.28. The van der Waals surface area contributed by atoms with Gasteiger partial charge in [-0.2, -0.15) is 0 Å². The second kappa shape index (κ2) is 6.66. The maximum Gasteiger partial charge on any atom is 0.250 e. The van der Waals surface area contributed by atoms with Gasteiger partial charge in [0.25, 0.3) is 5.56 Å². The van der Waals surface area contributed by atoms with Crippen molar-refractivity contribution in [2.24, 2.45) is 5.92 Å². The molecule has 0 saturated carbocycles. The molecule has 140 valence electrons. The van der Waals surface area contributed by atoms with Crippen LogP contribution in [0, 0.1) is 5.92 Å². The van der Waals surface area contributed by atoms with E-state index in [0.717, 1.165) is 26.2 Å². The fourth-order valence-corrected chi connectivity index (χ4v) is 5.21. The highest BCUT2D eigenvalue weighted by atomic mass is 16.3. The first-order valence-corrected chi connectivity index (χ1v) is 9.92. The fraction of sp³-hybridized carbons (Fsp3) is 0.409. The largest absolute Gasteiger partial charge is 0.385 e. The third kappa shape index (κ3) is 3.11. The van der Waals surface area contributed by atoms with E-state index in [1.165, 1.54) is 27.9 Å². The van der Waals surface area contributed by atoms with Crippen molar-refractivity contribution in [2.75, 3.05) is 19.6 Å². The fourth-order valence-electron chi connectivity index (χ4n) is 5.21. The maximum atomic E-state index is 12.2. The number of nitrogens with zero attached hydrogens (tertiary/aromatic N) is 2. The Kier molecular flexibility index (Phi) is 4.14. The molecule has 4 heterocycles. The van der Waals surface area contributed by atoms with Gasteiger partial charge in [-0.15, -0.1) is 0 Å². The molecule has 5 rings (SSSR count). The molecule has 2 unspecified atom stereocenters. The molecule has 2 aliphatic rings. The van der Waals surface area contributed by atoms with Gasteiger partial charge in [-0.3, -0.25) is 4.79 Å². The van der Waals surface area contributed by atoms with Crippen LogP contribution in [0.3, 0.4) is 0 Å². The van der Waals surface area contributed by atoms with Crippen molar-refractivity contribution in [2.45, 2.75) is 31.5 Å². The molecule has 2 aliphatic heterocycles. The van der Waals surface area contributed by atoms with E-state index in [-0.39, 0.29) is 11.7 Å². The van der Waals surface area contributed by atoms with Crippen molar-refractivity contribution in [1.29, 1.82) is 0 Å². The summed E-state index contributed by atoms with van der Waals surface area (Å²) in [5, 5.41) is 12.0. The molecule has 4 atom stereocenters. The zero-order valence-electron chi connectivity index (χ0n) is 15.4. The first-order chi connectivity index (χ1) is 13.2. The molecular weight excluding hydrogens is 338 g/mol. The number of fused-ring (bicyclic) bond motifs is 5. The average Bonchev–Trinajstić information content (AvgIpc) is 3.05. The Balaban J connectivity index is 1.29. The Hall–Kier alpha value is -2.37. The number of benzene rings is 1. The van der Waals surface area contributed by atoms with Gasteiger partial charge in [0.15, 0.2) is 0 Å². The number of pyridine rings is 1. The lowest BCUT2D eigenvalue weighted by atomic mass is 9.83. The summed E-state index contributed by atoms with van der Waals surface area (Å²) >= 11 is 0. The molecular formula is C22H26N3O2+. The number of aliphatic hydroxyl groups is 1. The third-order valence-electron chi connectivity index (χ3n) is 6.28. The van der Waals surface area contributed by atoms with Crippen molar-refractivity contribution in [3.63, 3.8) is 0 Å². The molecule has 2 N–H and O–H groups in total. The summed E-state index contributed by atoms with van der Waals surface area (Å²) in [6.45, 7) is 4.26. The second-order valence-electron chi connectivity index (χ2n) is 8.24. The lowest BCUT2D eigenvalue weighted by Gasteiger charge is -2.40. The van der Waals surface area contributed by atoms with Crippen molar-refractivity contribution in [3.05, 3.63) is 70.8 Å². The van der Waals surface area contributed by atoms with Crippen LogP contribution in [0.25, 0.3) is 10.9 Å². The highest BCUT2D eigenvalue weighted by molar-refractivity contribution is 5.79. The zero-order valence-corrected chi connectivity index (χ0v) is 15.4. The SMILES string of the molecule is O=c1cccc2n1C[C@@H]1C[C@@H]2C[NH+](CC(O)Cn2ccc3ccccc32)C1. The number of nitrogens with one attached hydrogen (secondary N) is 1. The van der Waals surface area contributed by atoms with Gasteiger partial charge in [0, 0.05) is 41.9 Å². The van der Waals surface area contributed by atoms with Crippen LogP contribution in [-0.2, 0) is 13.1 Å². The topological polar surface area (TPSA) is 51.6 Å². The number of para-hydroxylation sites is 1. The van der Waals surface area contributed by atoms with E-state index in [9.17, 15) is 9.90 Å². The predicted molar refractivity (Wildman–Crippen MR) is 105 cm³/mol. The smallest absolute Gasteiger partial charge is 0.250 e. The normalized spacial score (nSPS) is 25.3. The Morgan fingerprint density at radius 1 is 1.11 bits per heavy atom. The van der Waals surface area contributed by atoms with Crippen LogP contribution in [-0.4, -0.2) is 40.0 Å². The van der Waals surface area contributed by atoms with E-state index in [4.69, 9.17) is 0 Å². The van der Waals surface area contributed by atoms with E-state index >= 15 is 0 Å². The highest BCUT2D eigenvalue weighted by Gasteiger charge is 2.37. The number of hydrogen-bond donors (Lipinski definition) is 2. The standard InChI is InChI=1S/C22H25N3O2/c26-19(15-24-9-8-17-4-1-2-5-20(17)24)14-23-11-16-10-18(13-23)21-6-3-7-22(27)25(21)12-16/h1-9,16,18-19,26H,10-15H2/p+1/t16-,18-,19?/m1/s1.